The van der Waals surface area contributed by atoms with Crippen LogP contribution in [0.3, 0.4) is 0 Å². The van der Waals surface area contributed by atoms with Crippen molar-refractivity contribution in [1.82, 2.24) is 9.78 Å². The normalized spacial score (nSPS) is 21.4. The zero-order valence-corrected chi connectivity index (χ0v) is 11.6. The summed E-state index contributed by atoms with van der Waals surface area (Å²) >= 11 is 0. The molecule has 0 saturated carbocycles. The molecule has 21 heavy (non-hydrogen) atoms. The van der Waals surface area contributed by atoms with E-state index in [0.29, 0.717) is 18.8 Å². The molecule has 2 atom stereocenters. The fourth-order valence-electron chi connectivity index (χ4n) is 2.67. The van der Waals surface area contributed by atoms with Crippen LogP contribution in [0.25, 0.3) is 5.69 Å². The van der Waals surface area contributed by atoms with Crippen molar-refractivity contribution in [3.63, 3.8) is 0 Å². The Labute approximate surface area is 121 Å². The van der Waals surface area contributed by atoms with Crippen LogP contribution in [0.2, 0.25) is 0 Å². The van der Waals surface area contributed by atoms with E-state index in [9.17, 15) is 9.90 Å². The quantitative estimate of drug-likeness (QED) is 0.932. The zero-order chi connectivity index (χ0) is 14.8. The fourth-order valence-corrected chi connectivity index (χ4v) is 2.67. The SMILES string of the molecule is COc1ccccc1-n1nccc1[C@@H]1OCC[C@@H]1C(=O)O. The molecule has 6 heteroatoms. The van der Waals surface area contributed by atoms with Gasteiger partial charge in [-0.3, -0.25) is 4.79 Å². The summed E-state index contributed by atoms with van der Waals surface area (Å²) in [7, 11) is 1.59. The Morgan fingerprint density at radius 2 is 2.24 bits per heavy atom. The summed E-state index contributed by atoms with van der Waals surface area (Å²) in [6.07, 6.45) is 1.66. The molecule has 1 N–H and O–H groups in total. The fraction of sp³-hybridized carbons (Fsp3) is 0.333. The van der Waals surface area contributed by atoms with Gasteiger partial charge in [0.2, 0.25) is 0 Å². The number of rotatable bonds is 4. The number of methoxy groups -OCH3 is 1. The summed E-state index contributed by atoms with van der Waals surface area (Å²) in [5.74, 6) is -0.715. The van der Waals surface area contributed by atoms with Crippen LogP contribution in [0.5, 0.6) is 5.75 Å². The first-order valence-corrected chi connectivity index (χ1v) is 6.74. The summed E-state index contributed by atoms with van der Waals surface area (Å²) in [6, 6.07) is 9.26. The number of carboxylic acid groups (broad SMARTS) is 1. The molecule has 0 amide bonds. The minimum atomic E-state index is -0.842. The number of hydrogen-bond donors (Lipinski definition) is 1. The summed E-state index contributed by atoms with van der Waals surface area (Å²) in [5, 5.41) is 13.6. The van der Waals surface area contributed by atoms with E-state index in [1.165, 1.54) is 0 Å². The van der Waals surface area contributed by atoms with E-state index in [1.807, 2.05) is 24.3 Å². The van der Waals surface area contributed by atoms with E-state index >= 15 is 0 Å². The topological polar surface area (TPSA) is 73.6 Å². The Kier molecular flexibility index (Phi) is 3.62. The molecule has 1 aliphatic rings. The number of hydrogen-bond acceptors (Lipinski definition) is 4. The maximum atomic E-state index is 11.3. The van der Waals surface area contributed by atoms with Crippen molar-refractivity contribution < 1.29 is 19.4 Å². The molecular formula is C15H16N2O4. The number of carboxylic acids is 1. The van der Waals surface area contributed by atoms with Crippen molar-refractivity contribution in [2.24, 2.45) is 5.92 Å². The van der Waals surface area contributed by atoms with E-state index in [-0.39, 0.29) is 0 Å². The second kappa shape index (κ2) is 5.57. The maximum Gasteiger partial charge on any atom is 0.309 e. The predicted octanol–water partition coefficient (Wildman–Crippen LogP) is 2.04. The van der Waals surface area contributed by atoms with Gasteiger partial charge in [-0.25, -0.2) is 4.68 Å². The molecule has 2 aromatic rings. The molecule has 1 aromatic heterocycles. The van der Waals surface area contributed by atoms with Gasteiger partial charge in [0.1, 0.15) is 17.5 Å². The number of nitrogens with zero attached hydrogens (tertiary/aromatic N) is 2. The number of benzene rings is 1. The van der Waals surface area contributed by atoms with E-state index in [1.54, 1.807) is 24.1 Å². The molecule has 0 spiro atoms. The molecule has 0 unspecified atom stereocenters. The Hall–Kier alpha value is -2.34. The van der Waals surface area contributed by atoms with Crippen molar-refractivity contribution in [3.05, 3.63) is 42.2 Å². The van der Waals surface area contributed by atoms with Crippen molar-refractivity contribution in [1.29, 1.82) is 0 Å². The highest BCUT2D eigenvalue weighted by molar-refractivity contribution is 5.71. The average molecular weight is 288 g/mol. The van der Waals surface area contributed by atoms with Gasteiger partial charge in [-0.15, -0.1) is 0 Å². The number of ether oxygens (including phenoxy) is 2. The van der Waals surface area contributed by atoms with E-state index in [2.05, 4.69) is 5.10 Å². The summed E-state index contributed by atoms with van der Waals surface area (Å²) in [4.78, 5) is 11.3. The molecule has 1 saturated heterocycles. The number of carbonyl (C=O) groups is 1. The Morgan fingerprint density at radius 3 is 3.00 bits per heavy atom. The molecule has 110 valence electrons. The van der Waals surface area contributed by atoms with Crippen molar-refractivity contribution in [3.8, 4) is 11.4 Å². The second-order valence-corrected chi connectivity index (χ2v) is 4.86. The Morgan fingerprint density at radius 1 is 1.43 bits per heavy atom. The minimum absolute atomic E-state index is 0.443. The third kappa shape index (κ3) is 2.38. The lowest BCUT2D eigenvalue weighted by Gasteiger charge is -2.18. The average Bonchev–Trinajstić information content (AvgIpc) is 3.15. The smallest absolute Gasteiger partial charge is 0.309 e. The molecule has 0 radical (unpaired) electrons. The van der Waals surface area contributed by atoms with Gasteiger partial charge in [0.15, 0.2) is 0 Å². The van der Waals surface area contributed by atoms with Gasteiger partial charge in [-0.2, -0.15) is 5.10 Å². The maximum absolute atomic E-state index is 11.3. The largest absolute Gasteiger partial charge is 0.494 e. The summed E-state index contributed by atoms with van der Waals surface area (Å²) < 4.78 is 12.7. The third-order valence-electron chi connectivity index (χ3n) is 3.69. The molecule has 6 nitrogen and oxygen atoms in total. The van der Waals surface area contributed by atoms with Gasteiger partial charge in [-0.05, 0) is 24.6 Å². The van der Waals surface area contributed by atoms with Crippen LogP contribution in [0, 0.1) is 5.92 Å². The third-order valence-corrected chi connectivity index (χ3v) is 3.69. The van der Waals surface area contributed by atoms with Gasteiger partial charge in [0.25, 0.3) is 0 Å². The monoisotopic (exact) mass is 288 g/mol. The van der Waals surface area contributed by atoms with Crippen LogP contribution in [0.1, 0.15) is 18.2 Å². The Balaban J connectivity index is 2.03. The number of aliphatic carboxylic acids is 1. The van der Waals surface area contributed by atoms with Crippen molar-refractivity contribution in [2.45, 2.75) is 12.5 Å². The first-order chi connectivity index (χ1) is 10.2. The molecule has 1 aliphatic heterocycles. The van der Waals surface area contributed by atoms with Gasteiger partial charge in [-0.1, -0.05) is 12.1 Å². The highest BCUT2D eigenvalue weighted by Crippen LogP contribution is 2.36. The molecule has 1 aromatic carbocycles. The van der Waals surface area contributed by atoms with Crippen LogP contribution in [-0.2, 0) is 9.53 Å². The van der Waals surface area contributed by atoms with Crippen molar-refractivity contribution in [2.75, 3.05) is 13.7 Å². The van der Waals surface area contributed by atoms with E-state index < -0.39 is 18.0 Å². The molecule has 0 bridgehead atoms. The molecule has 1 fully saturated rings. The lowest BCUT2D eigenvalue weighted by molar-refractivity contribution is -0.143. The van der Waals surface area contributed by atoms with Gasteiger partial charge < -0.3 is 14.6 Å². The first-order valence-electron chi connectivity index (χ1n) is 6.74. The number of para-hydroxylation sites is 2. The summed E-state index contributed by atoms with van der Waals surface area (Å²) in [6.45, 7) is 0.443. The lowest BCUT2D eigenvalue weighted by atomic mass is 9.99. The van der Waals surface area contributed by atoms with Crippen LogP contribution < -0.4 is 4.74 Å². The summed E-state index contributed by atoms with van der Waals surface area (Å²) in [5.41, 5.74) is 1.49. The highest BCUT2D eigenvalue weighted by Gasteiger charge is 2.37. The van der Waals surface area contributed by atoms with Gasteiger partial charge in [0, 0.05) is 12.8 Å². The first kappa shape index (κ1) is 13.6. The van der Waals surface area contributed by atoms with Crippen LogP contribution in [0.15, 0.2) is 36.5 Å². The Bertz CT molecular complexity index is 653. The second-order valence-electron chi connectivity index (χ2n) is 4.86. The van der Waals surface area contributed by atoms with Gasteiger partial charge in [0.05, 0.1) is 18.7 Å². The minimum Gasteiger partial charge on any atom is -0.494 e. The lowest BCUT2D eigenvalue weighted by Crippen LogP contribution is -2.20. The van der Waals surface area contributed by atoms with Crippen LogP contribution >= 0.6 is 0 Å². The number of aromatic nitrogens is 2. The molecule has 3 rings (SSSR count). The van der Waals surface area contributed by atoms with Crippen LogP contribution in [0.4, 0.5) is 0 Å². The standard InChI is InChI=1S/C15H16N2O4/c1-20-13-5-3-2-4-11(13)17-12(6-8-16-17)14-10(15(18)19)7-9-21-14/h2-6,8,10,14H,7,9H2,1H3,(H,18,19)/t10-,14+/m0/s1. The molecule has 0 aliphatic carbocycles. The van der Waals surface area contributed by atoms with E-state index in [4.69, 9.17) is 9.47 Å². The van der Waals surface area contributed by atoms with Gasteiger partial charge >= 0.3 is 5.97 Å². The van der Waals surface area contributed by atoms with Crippen LogP contribution in [-0.4, -0.2) is 34.6 Å². The highest BCUT2D eigenvalue weighted by atomic mass is 16.5. The molecular weight excluding hydrogens is 272 g/mol. The van der Waals surface area contributed by atoms with E-state index in [0.717, 1.165) is 11.4 Å². The van der Waals surface area contributed by atoms with Crippen molar-refractivity contribution >= 4 is 5.97 Å². The zero-order valence-electron chi connectivity index (χ0n) is 11.6. The molecule has 2 heterocycles. The predicted molar refractivity (Wildman–Crippen MR) is 74.6 cm³/mol.